The fourth-order valence-electron chi connectivity index (χ4n) is 2.33. The Morgan fingerprint density at radius 2 is 1.79 bits per heavy atom. The van der Waals surface area contributed by atoms with E-state index in [1.54, 1.807) is 6.33 Å². The van der Waals surface area contributed by atoms with Crippen molar-refractivity contribution in [3.63, 3.8) is 0 Å². The van der Waals surface area contributed by atoms with E-state index in [9.17, 15) is 4.79 Å². The quantitative estimate of drug-likeness (QED) is 0.701. The number of carbonyl (C=O) groups excluding carboxylic acids is 1. The first-order chi connectivity index (χ1) is 11.7. The Morgan fingerprint density at radius 1 is 1.12 bits per heavy atom. The molecule has 1 N–H and O–H groups in total. The molecule has 122 valence electrons. The van der Waals surface area contributed by atoms with Gasteiger partial charge in [-0.2, -0.15) is 0 Å². The number of hydrogen-bond acceptors (Lipinski definition) is 4. The van der Waals surface area contributed by atoms with Crippen molar-refractivity contribution in [3.8, 4) is 5.69 Å². The molecule has 1 atom stereocenters. The van der Waals surface area contributed by atoms with Gasteiger partial charge < -0.3 is 5.32 Å². The molecule has 0 aliphatic heterocycles. The van der Waals surface area contributed by atoms with Crippen molar-refractivity contribution in [1.82, 2.24) is 20.1 Å². The zero-order chi connectivity index (χ0) is 16.8. The topological polar surface area (TPSA) is 59.8 Å². The van der Waals surface area contributed by atoms with Crippen molar-refractivity contribution >= 4 is 17.7 Å². The molecule has 6 heteroatoms. The molecule has 0 bridgehead atoms. The highest BCUT2D eigenvalue weighted by Crippen LogP contribution is 2.19. The summed E-state index contributed by atoms with van der Waals surface area (Å²) in [4.78, 5) is 12.2. The van der Waals surface area contributed by atoms with E-state index in [2.05, 4.69) is 15.5 Å². The molecular formula is C18H18N4OS. The summed E-state index contributed by atoms with van der Waals surface area (Å²) in [6.45, 7) is 1.98. The molecule has 2 aromatic carbocycles. The third kappa shape index (κ3) is 4.02. The van der Waals surface area contributed by atoms with Crippen LogP contribution >= 0.6 is 11.8 Å². The molecule has 5 nitrogen and oxygen atoms in total. The highest BCUT2D eigenvalue weighted by molar-refractivity contribution is 7.99. The van der Waals surface area contributed by atoms with Gasteiger partial charge in [0.25, 0.3) is 0 Å². The SMILES string of the molecule is CC(NC(=O)CSc1nncn1-c1ccccc1)c1ccccc1. The summed E-state index contributed by atoms with van der Waals surface area (Å²) >= 11 is 1.37. The van der Waals surface area contributed by atoms with Gasteiger partial charge in [-0.3, -0.25) is 9.36 Å². The fourth-order valence-corrected chi connectivity index (χ4v) is 3.07. The first kappa shape index (κ1) is 16.3. The zero-order valence-electron chi connectivity index (χ0n) is 13.3. The lowest BCUT2D eigenvalue weighted by Gasteiger charge is -2.14. The van der Waals surface area contributed by atoms with Crippen molar-refractivity contribution in [2.24, 2.45) is 0 Å². The van der Waals surface area contributed by atoms with Crippen LogP contribution in [0.3, 0.4) is 0 Å². The predicted octanol–water partition coefficient (Wildman–Crippen LogP) is 3.24. The number of aromatic nitrogens is 3. The molecule has 0 spiro atoms. The van der Waals surface area contributed by atoms with Gasteiger partial charge in [0, 0.05) is 5.69 Å². The van der Waals surface area contributed by atoms with Gasteiger partial charge in [0.1, 0.15) is 6.33 Å². The summed E-state index contributed by atoms with van der Waals surface area (Å²) in [5, 5.41) is 11.7. The minimum absolute atomic E-state index is 0.0220. The molecule has 3 rings (SSSR count). The molecular weight excluding hydrogens is 320 g/mol. The molecule has 0 radical (unpaired) electrons. The number of carbonyl (C=O) groups is 1. The van der Waals surface area contributed by atoms with E-state index in [1.807, 2.05) is 72.2 Å². The van der Waals surface area contributed by atoms with Crippen LogP contribution in [-0.4, -0.2) is 26.4 Å². The van der Waals surface area contributed by atoms with Crippen LogP contribution in [0.25, 0.3) is 5.69 Å². The minimum atomic E-state index is -0.0287. The van der Waals surface area contributed by atoms with Gasteiger partial charge in [-0.25, -0.2) is 0 Å². The molecule has 1 heterocycles. The second kappa shape index (κ2) is 7.79. The third-order valence-corrected chi connectivity index (χ3v) is 4.50. The summed E-state index contributed by atoms with van der Waals surface area (Å²) in [6.07, 6.45) is 1.65. The van der Waals surface area contributed by atoms with Crippen molar-refractivity contribution < 1.29 is 4.79 Å². The van der Waals surface area contributed by atoms with Crippen LogP contribution in [0.1, 0.15) is 18.5 Å². The van der Waals surface area contributed by atoms with Crippen molar-refractivity contribution in [1.29, 1.82) is 0 Å². The fraction of sp³-hybridized carbons (Fsp3) is 0.167. The van der Waals surface area contributed by atoms with Crippen LogP contribution in [0.2, 0.25) is 0 Å². The average molecular weight is 338 g/mol. The Hall–Kier alpha value is -2.60. The van der Waals surface area contributed by atoms with E-state index >= 15 is 0 Å². The summed E-state index contributed by atoms with van der Waals surface area (Å²) in [5.74, 6) is 0.266. The van der Waals surface area contributed by atoms with Crippen LogP contribution < -0.4 is 5.32 Å². The molecule has 1 aromatic heterocycles. The minimum Gasteiger partial charge on any atom is -0.349 e. The molecule has 0 aliphatic rings. The van der Waals surface area contributed by atoms with Gasteiger partial charge in [-0.1, -0.05) is 60.3 Å². The second-order valence-electron chi connectivity index (χ2n) is 5.31. The standard InChI is InChI=1S/C18H18N4OS/c1-14(15-8-4-2-5-9-15)20-17(23)12-24-18-21-19-13-22(18)16-10-6-3-7-11-16/h2-11,13-14H,12H2,1H3,(H,20,23). The second-order valence-corrected chi connectivity index (χ2v) is 6.25. The molecule has 1 unspecified atom stereocenters. The van der Waals surface area contributed by atoms with E-state index in [0.717, 1.165) is 11.3 Å². The largest absolute Gasteiger partial charge is 0.349 e. The van der Waals surface area contributed by atoms with E-state index in [-0.39, 0.29) is 11.9 Å². The first-order valence-electron chi connectivity index (χ1n) is 7.66. The number of para-hydroxylation sites is 1. The lowest BCUT2D eigenvalue weighted by molar-refractivity contribution is -0.119. The number of hydrogen-bond donors (Lipinski definition) is 1. The Kier molecular flexibility index (Phi) is 5.28. The van der Waals surface area contributed by atoms with Gasteiger partial charge >= 0.3 is 0 Å². The van der Waals surface area contributed by atoms with Gasteiger partial charge in [0.05, 0.1) is 11.8 Å². The van der Waals surface area contributed by atoms with Crippen LogP contribution in [-0.2, 0) is 4.79 Å². The van der Waals surface area contributed by atoms with Crippen LogP contribution in [0.5, 0.6) is 0 Å². The summed E-state index contributed by atoms with van der Waals surface area (Å²) in [5.41, 5.74) is 2.06. The molecule has 1 amide bonds. The first-order valence-corrected chi connectivity index (χ1v) is 8.65. The van der Waals surface area contributed by atoms with Gasteiger partial charge in [-0.15, -0.1) is 10.2 Å². The normalized spacial score (nSPS) is 11.9. The Bertz CT molecular complexity index is 789. The zero-order valence-corrected chi connectivity index (χ0v) is 14.1. The van der Waals surface area contributed by atoms with Gasteiger partial charge in [0.15, 0.2) is 5.16 Å². The van der Waals surface area contributed by atoms with Crippen LogP contribution in [0.4, 0.5) is 0 Å². The highest BCUT2D eigenvalue weighted by atomic mass is 32.2. The summed E-state index contributed by atoms with van der Waals surface area (Å²) < 4.78 is 1.87. The smallest absolute Gasteiger partial charge is 0.230 e. The lowest BCUT2D eigenvalue weighted by Crippen LogP contribution is -2.28. The predicted molar refractivity (Wildman–Crippen MR) is 95.1 cm³/mol. The average Bonchev–Trinajstić information content (AvgIpc) is 3.10. The lowest BCUT2D eigenvalue weighted by atomic mass is 10.1. The number of amides is 1. The van der Waals surface area contributed by atoms with Gasteiger partial charge in [0.2, 0.25) is 5.91 Å². The highest BCUT2D eigenvalue weighted by Gasteiger charge is 2.12. The van der Waals surface area contributed by atoms with Crippen molar-refractivity contribution in [2.75, 3.05) is 5.75 Å². The number of rotatable bonds is 6. The Balaban J connectivity index is 1.59. The van der Waals surface area contributed by atoms with E-state index in [0.29, 0.717) is 10.9 Å². The van der Waals surface area contributed by atoms with Crippen LogP contribution in [0, 0.1) is 0 Å². The van der Waals surface area contributed by atoms with E-state index in [4.69, 9.17) is 0 Å². The maximum Gasteiger partial charge on any atom is 0.230 e. The van der Waals surface area contributed by atoms with Crippen LogP contribution in [0.15, 0.2) is 72.1 Å². The van der Waals surface area contributed by atoms with Gasteiger partial charge in [-0.05, 0) is 24.6 Å². The molecule has 0 saturated heterocycles. The number of nitrogens with one attached hydrogen (secondary N) is 1. The monoisotopic (exact) mass is 338 g/mol. The third-order valence-electron chi connectivity index (χ3n) is 3.56. The van der Waals surface area contributed by atoms with Crippen molar-refractivity contribution in [2.45, 2.75) is 18.1 Å². The van der Waals surface area contributed by atoms with E-state index in [1.165, 1.54) is 11.8 Å². The molecule has 0 aliphatic carbocycles. The number of thioether (sulfide) groups is 1. The molecule has 0 saturated carbocycles. The number of nitrogens with zero attached hydrogens (tertiary/aromatic N) is 3. The summed E-state index contributed by atoms with van der Waals surface area (Å²) in [6, 6.07) is 19.7. The maximum atomic E-state index is 12.2. The Morgan fingerprint density at radius 3 is 2.50 bits per heavy atom. The van der Waals surface area contributed by atoms with Crippen molar-refractivity contribution in [3.05, 3.63) is 72.6 Å². The number of benzene rings is 2. The Labute approximate surface area is 145 Å². The van der Waals surface area contributed by atoms with E-state index < -0.39 is 0 Å². The maximum absolute atomic E-state index is 12.2. The molecule has 3 aromatic rings. The molecule has 0 fully saturated rings. The molecule has 24 heavy (non-hydrogen) atoms. The summed E-state index contributed by atoms with van der Waals surface area (Å²) in [7, 11) is 0.